The Morgan fingerprint density at radius 3 is 1.92 bits per heavy atom. The number of carbonyl (C=O) groups is 1. The second-order valence-electron chi connectivity index (χ2n) is 6.70. The number of furan rings is 1. The number of hydrogen-bond acceptors (Lipinski definition) is 3. The first-order valence-electron chi connectivity index (χ1n) is 9.72. The molecular weight excluding hydrogens is 318 g/mol. The first-order valence-corrected chi connectivity index (χ1v) is 10.2. The zero-order chi connectivity index (χ0) is 17.6. The van der Waals surface area contributed by atoms with E-state index in [1.807, 2.05) is 6.92 Å². The maximum absolute atomic E-state index is 11.9. The Labute approximate surface area is 153 Å². The van der Waals surface area contributed by atoms with Gasteiger partial charge in [0, 0.05) is 17.5 Å². The summed E-state index contributed by atoms with van der Waals surface area (Å²) >= 11 is 4.23. The Bertz CT molecular complexity index is 437. The van der Waals surface area contributed by atoms with Crippen LogP contribution in [0.1, 0.15) is 100 Å². The van der Waals surface area contributed by atoms with Gasteiger partial charge < -0.3 is 9.73 Å². The van der Waals surface area contributed by atoms with Crippen LogP contribution in [0.25, 0.3) is 0 Å². The van der Waals surface area contributed by atoms with Gasteiger partial charge >= 0.3 is 0 Å². The molecule has 1 heterocycles. The molecule has 1 aromatic rings. The summed E-state index contributed by atoms with van der Waals surface area (Å²) in [5.74, 6) is 0.909. The Morgan fingerprint density at radius 1 is 0.958 bits per heavy atom. The van der Waals surface area contributed by atoms with Gasteiger partial charge in [0.05, 0.1) is 0 Å². The minimum atomic E-state index is -0.138. The molecule has 138 valence electrons. The molecule has 0 saturated heterocycles. The van der Waals surface area contributed by atoms with E-state index >= 15 is 0 Å². The highest BCUT2D eigenvalue weighted by molar-refractivity contribution is 7.80. The standard InChI is InChI=1S/C20H35NO2S/c1-3-4-5-6-7-8-9-10-11-12-13-14-15-21-20(22)18-16-19(24)17(2)23-18/h16,24H,3-15H2,1-2H3,(H,21,22). The summed E-state index contributed by atoms with van der Waals surface area (Å²) < 4.78 is 5.35. The molecule has 1 N–H and O–H groups in total. The second kappa shape index (κ2) is 13.4. The van der Waals surface area contributed by atoms with Crippen molar-refractivity contribution in [3.05, 3.63) is 17.6 Å². The second-order valence-corrected chi connectivity index (χ2v) is 7.18. The first kappa shape index (κ1) is 21.1. The van der Waals surface area contributed by atoms with Crippen molar-refractivity contribution in [2.75, 3.05) is 6.54 Å². The molecule has 0 bridgehead atoms. The highest BCUT2D eigenvalue weighted by Gasteiger charge is 2.11. The predicted octanol–water partition coefficient (Wildman–Crippen LogP) is 6.31. The fourth-order valence-electron chi connectivity index (χ4n) is 2.84. The van der Waals surface area contributed by atoms with Crippen LogP contribution in [0.2, 0.25) is 0 Å². The van der Waals surface area contributed by atoms with E-state index in [9.17, 15) is 4.79 Å². The maximum Gasteiger partial charge on any atom is 0.287 e. The van der Waals surface area contributed by atoms with Crippen LogP contribution in [0, 0.1) is 6.92 Å². The molecule has 1 rings (SSSR count). The zero-order valence-electron chi connectivity index (χ0n) is 15.5. The van der Waals surface area contributed by atoms with Crippen LogP contribution in [-0.4, -0.2) is 12.5 Å². The third-order valence-electron chi connectivity index (χ3n) is 4.43. The normalized spacial score (nSPS) is 11.0. The molecule has 3 nitrogen and oxygen atoms in total. The van der Waals surface area contributed by atoms with Gasteiger partial charge in [-0.3, -0.25) is 4.79 Å². The lowest BCUT2D eigenvalue weighted by Crippen LogP contribution is -2.23. The Hall–Kier alpha value is -0.900. The minimum absolute atomic E-state index is 0.138. The van der Waals surface area contributed by atoms with Crippen molar-refractivity contribution in [3.8, 4) is 0 Å². The van der Waals surface area contributed by atoms with Crippen molar-refractivity contribution in [2.24, 2.45) is 0 Å². The lowest BCUT2D eigenvalue weighted by Gasteiger charge is -2.04. The lowest BCUT2D eigenvalue weighted by molar-refractivity contribution is 0.0924. The van der Waals surface area contributed by atoms with Crippen LogP contribution < -0.4 is 5.32 Å². The molecule has 0 fully saturated rings. The molecular formula is C20H35NO2S. The molecule has 0 aliphatic carbocycles. The maximum atomic E-state index is 11.9. The van der Waals surface area contributed by atoms with E-state index in [1.54, 1.807) is 6.07 Å². The third kappa shape index (κ3) is 9.41. The van der Waals surface area contributed by atoms with E-state index in [4.69, 9.17) is 4.42 Å². The lowest BCUT2D eigenvalue weighted by atomic mass is 10.1. The van der Waals surface area contributed by atoms with E-state index in [1.165, 1.54) is 70.6 Å². The van der Waals surface area contributed by atoms with Crippen molar-refractivity contribution in [1.82, 2.24) is 5.32 Å². The Balaban J connectivity index is 1.88. The predicted molar refractivity (Wildman–Crippen MR) is 104 cm³/mol. The molecule has 0 aliphatic heterocycles. The van der Waals surface area contributed by atoms with E-state index < -0.39 is 0 Å². The quantitative estimate of drug-likeness (QED) is 0.304. The summed E-state index contributed by atoms with van der Waals surface area (Å²) in [6.45, 7) is 4.80. The minimum Gasteiger partial charge on any atom is -0.455 e. The van der Waals surface area contributed by atoms with Crippen LogP contribution in [0.3, 0.4) is 0 Å². The first-order chi connectivity index (χ1) is 11.6. The van der Waals surface area contributed by atoms with Gasteiger partial charge in [0.15, 0.2) is 5.76 Å². The number of carbonyl (C=O) groups excluding carboxylic acids is 1. The van der Waals surface area contributed by atoms with Gasteiger partial charge in [-0.05, 0) is 13.3 Å². The molecule has 0 spiro atoms. The highest BCUT2D eigenvalue weighted by Crippen LogP contribution is 2.17. The van der Waals surface area contributed by atoms with Gasteiger partial charge in [-0.1, -0.05) is 77.6 Å². The summed E-state index contributed by atoms with van der Waals surface area (Å²) in [5.41, 5.74) is 0. The summed E-state index contributed by atoms with van der Waals surface area (Å²) in [6, 6.07) is 1.68. The van der Waals surface area contributed by atoms with E-state index in [2.05, 4.69) is 24.9 Å². The number of hydrogen-bond donors (Lipinski definition) is 2. The molecule has 1 amide bonds. The van der Waals surface area contributed by atoms with Gasteiger partial charge in [-0.2, -0.15) is 0 Å². The summed E-state index contributed by atoms with van der Waals surface area (Å²) in [7, 11) is 0. The topological polar surface area (TPSA) is 42.2 Å². The van der Waals surface area contributed by atoms with Gasteiger partial charge in [-0.25, -0.2) is 0 Å². The third-order valence-corrected chi connectivity index (χ3v) is 4.88. The molecule has 0 aliphatic rings. The highest BCUT2D eigenvalue weighted by atomic mass is 32.1. The summed E-state index contributed by atoms with van der Waals surface area (Å²) in [6.07, 6.45) is 15.9. The molecule has 1 aromatic heterocycles. The van der Waals surface area contributed by atoms with Crippen molar-refractivity contribution < 1.29 is 9.21 Å². The number of nitrogens with one attached hydrogen (secondary N) is 1. The Morgan fingerprint density at radius 2 is 1.46 bits per heavy atom. The SMILES string of the molecule is CCCCCCCCCCCCCCNC(=O)c1cc(S)c(C)o1. The van der Waals surface area contributed by atoms with Crippen molar-refractivity contribution in [2.45, 2.75) is 95.8 Å². The molecule has 0 atom stereocenters. The number of thiol groups is 1. The van der Waals surface area contributed by atoms with E-state index in [0.29, 0.717) is 11.5 Å². The number of amides is 1. The van der Waals surface area contributed by atoms with Crippen molar-refractivity contribution in [3.63, 3.8) is 0 Å². The number of aryl methyl sites for hydroxylation is 1. The monoisotopic (exact) mass is 353 g/mol. The van der Waals surface area contributed by atoms with E-state index in [-0.39, 0.29) is 5.91 Å². The van der Waals surface area contributed by atoms with Gasteiger partial charge in [0.25, 0.3) is 5.91 Å². The van der Waals surface area contributed by atoms with Crippen LogP contribution >= 0.6 is 12.6 Å². The molecule has 4 heteroatoms. The molecule has 0 saturated carbocycles. The summed E-state index contributed by atoms with van der Waals surface area (Å²) in [5, 5.41) is 2.91. The van der Waals surface area contributed by atoms with Crippen LogP contribution in [0.4, 0.5) is 0 Å². The average Bonchev–Trinajstić information content (AvgIpc) is 2.91. The van der Waals surface area contributed by atoms with Gasteiger partial charge in [0.2, 0.25) is 0 Å². The van der Waals surface area contributed by atoms with Crippen molar-refractivity contribution in [1.29, 1.82) is 0 Å². The Kier molecular flexibility index (Phi) is 11.8. The fourth-order valence-corrected chi connectivity index (χ4v) is 3.00. The van der Waals surface area contributed by atoms with E-state index in [0.717, 1.165) is 17.9 Å². The number of unbranched alkanes of at least 4 members (excludes halogenated alkanes) is 11. The molecule has 24 heavy (non-hydrogen) atoms. The van der Waals surface area contributed by atoms with Crippen molar-refractivity contribution >= 4 is 18.5 Å². The zero-order valence-corrected chi connectivity index (χ0v) is 16.4. The molecule has 0 unspecified atom stereocenters. The smallest absolute Gasteiger partial charge is 0.287 e. The van der Waals surface area contributed by atoms with Crippen LogP contribution in [-0.2, 0) is 0 Å². The number of rotatable bonds is 14. The molecule has 0 aromatic carbocycles. The molecule has 0 radical (unpaired) electrons. The largest absolute Gasteiger partial charge is 0.455 e. The average molecular weight is 354 g/mol. The van der Waals surface area contributed by atoms with Crippen LogP contribution in [0.15, 0.2) is 15.4 Å². The summed E-state index contributed by atoms with van der Waals surface area (Å²) in [4.78, 5) is 12.6. The van der Waals surface area contributed by atoms with Gasteiger partial charge in [0.1, 0.15) is 5.76 Å². The van der Waals surface area contributed by atoms with Gasteiger partial charge in [-0.15, -0.1) is 12.6 Å². The fraction of sp³-hybridized carbons (Fsp3) is 0.750. The van der Waals surface area contributed by atoms with Crippen LogP contribution in [0.5, 0.6) is 0 Å².